The Morgan fingerprint density at radius 2 is 2.21 bits per heavy atom. The molecule has 0 amide bonds. The van der Waals surface area contributed by atoms with E-state index in [2.05, 4.69) is 4.72 Å². The summed E-state index contributed by atoms with van der Waals surface area (Å²) in [6.45, 7) is 0.632. The number of ether oxygens (including phenoxy) is 1. The maximum atomic E-state index is 12.2. The van der Waals surface area contributed by atoms with E-state index < -0.39 is 10.0 Å². The minimum Gasteiger partial charge on any atom is -0.377 e. The largest absolute Gasteiger partial charge is 0.377 e. The Labute approximate surface area is 114 Å². The average molecular weight is 287 g/mol. The molecule has 1 aromatic heterocycles. The number of aromatic nitrogens is 1. The van der Waals surface area contributed by atoms with Crippen LogP contribution in [0.1, 0.15) is 25.0 Å². The molecule has 6 nitrogen and oxygen atoms in total. The van der Waals surface area contributed by atoms with Gasteiger partial charge in [0.25, 0.3) is 0 Å². The van der Waals surface area contributed by atoms with Crippen LogP contribution in [0.4, 0.5) is 0 Å². The fourth-order valence-corrected chi connectivity index (χ4v) is 3.47. The molecule has 1 aliphatic rings. The highest BCUT2D eigenvalue weighted by Crippen LogP contribution is 2.34. The summed E-state index contributed by atoms with van der Waals surface area (Å²) in [7, 11) is -0.0889. The number of hydrogen-bond donors (Lipinski definition) is 2. The topological polar surface area (TPSA) is 86.3 Å². The summed E-state index contributed by atoms with van der Waals surface area (Å²) >= 11 is 0. The van der Waals surface area contributed by atoms with Crippen molar-refractivity contribution in [1.29, 1.82) is 0 Å². The molecule has 0 bridgehead atoms. The average Bonchev–Trinajstić information content (AvgIpc) is 2.70. The second kappa shape index (κ2) is 5.24. The first kappa shape index (κ1) is 14.5. The minimum absolute atomic E-state index is 0.251. The summed E-state index contributed by atoms with van der Waals surface area (Å²) in [6, 6.07) is 1.60. The first-order valence-electron chi connectivity index (χ1n) is 6.33. The molecule has 0 spiro atoms. The fourth-order valence-electron chi connectivity index (χ4n) is 2.26. The smallest absolute Gasteiger partial charge is 0.242 e. The summed E-state index contributed by atoms with van der Waals surface area (Å²) in [5, 5.41) is 0. The van der Waals surface area contributed by atoms with Crippen molar-refractivity contribution >= 4 is 10.0 Å². The van der Waals surface area contributed by atoms with Gasteiger partial charge in [-0.15, -0.1) is 0 Å². The van der Waals surface area contributed by atoms with E-state index in [-0.39, 0.29) is 10.5 Å². The molecule has 0 aliphatic heterocycles. The highest BCUT2D eigenvalue weighted by Gasteiger charge is 2.38. The van der Waals surface area contributed by atoms with E-state index in [4.69, 9.17) is 10.5 Å². The zero-order valence-corrected chi connectivity index (χ0v) is 12.2. The lowest BCUT2D eigenvalue weighted by atomic mass is 9.80. The maximum Gasteiger partial charge on any atom is 0.242 e. The molecule has 108 valence electrons. The van der Waals surface area contributed by atoms with Crippen LogP contribution in [0.3, 0.4) is 0 Å². The third kappa shape index (κ3) is 2.84. The lowest BCUT2D eigenvalue weighted by Crippen LogP contribution is -2.49. The van der Waals surface area contributed by atoms with Gasteiger partial charge in [-0.1, -0.05) is 0 Å². The lowest BCUT2D eigenvalue weighted by Gasteiger charge is -2.40. The van der Waals surface area contributed by atoms with Crippen molar-refractivity contribution in [2.24, 2.45) is 12.8 Å². The van der Waals surface area contributed by atoms with Gasteiger partial charge in [-0.25, -0.2) is 13.1 Å². The molecule has 1 heterocycles. The quantitative estimate of drug-likeness (QED) is 0.789. The van der Waals surface area contributed by atoms with Gasteiger partial charge in [-0.2, -0.15) is 0 Å². The second-order valence-corrected chi connectivity index (χ2v) is 6.81. The molecule has 0 atom stereocenters. The van der Waals surface area contributed by atoms with Crippen molar-refractivity contribution < 1.29 is 13.2 Å². The summed E-state index contributed by atoms with van der Waals surface area (Å²) in [6.07, 6.45) is 4.45. The molecule has 0 saturated heterocycles. The van der Waals surface area contributed by atoms with Crippen molar-refractivity contribution in [2.45, 2.75) is 36.3 Å². The predicted molar refractivity (Wildman–Crippen MR) is 72.1 cm³/mol. The van der Waals surface area contributed by atoms with Crippen molar-refractivity contribution in [3.8, 4) is 0 Å². The summed E-state index contributed by atoms with van der Waals surface area (Å²) in [4.78, 5) is 0.251. The van der Waals surface area contributed by atoms with E-state index >= 15 is 0 Å². The van der Waals surface area contributed by atoms with Gasteiger partial charge in [-0.3, -0.25) is 0 Å². The van der Waals surface area contributed by atoms with Crippen LogP contribution in [0.2, 0.25) is 0 Å². The summed E-state index contributed by atoms with van der Waals surface area (Å²) in [5.74, 6) is 0. The highest BCUT2D eigenvalue weighted by atomic mass is 32.2. The molecule has 7 heteroatoms. The first-order chi connectivity index (χ1) is 8.92. The van der Waals surface area contributed by atoms with E-state index in [0.29, 0.717) is 13.1 Å². The van der Waals surface area contributed by atoms with Gasteiger partial charge in [0.2, 0.25) is 10.0 Å². The molecule has 3 N–H and O–H groups in total. The van der Waals surface area contributed by atoms with Crippen LogP contribution in [-0.4, -0.2) is 32.2 Å². The molecule has 0 unspecified atom stereocenters. The Morgan fingerprint density at radius 3 is 2.63 bits per heavy atom. The summed E-state index contributed by atoms with van der Waals surface area (Å²) < 4.78 is 34.1. The highest BCUT2D eigenvalue weighted by molar-refractivity contribution is 7.89. The second-order valence-electron chi connectivity index (χ2n) is 5.05. The number of nitrogens with two attached hydrogens (primary N) is 1. The molecule has 1 fully saturated rings. The van der Waals surface area contributed by atoms with Gasteiger partial charge >= 0.3 is 0 Å². The molecule has 0 radical (unpaired) electrons. The normalized spacial score (nSPS) is 18.3. The van der Waals surface area contributed by atoms with E-state index in [0.717, 1.165) is 25.0 Å². The molecule has 1 aliphatic carbocycles. The predicted octanol–water partition coefficient (Wildman–Crippen LogP) is 0.331. The summed E-state index contributed by atoms with van der Waals surface area (Å²) in [5.41, 5.74) is 6.01. The third-order valence-corrected chi connectivity index (χ3v) is 5.25. The van der Waals surface area contributed by atoms with Crippen LogP contribution in [0.15, 0.2) is 17.2 Å². The fraction of sp³-hybridized carbons (Fsp3) is 0.667. The van der Waals surface area contributed by atoms with Crippen LogP contribution < -0.4 is 10.5 Å². The van der Waals surface area contributed by atoms with Gasteiger partial charge in [0.15, 0.2) is 0 Å². The van der Waals surface area contributed by atoms with Crippen LogP contribution in [0.25, 0.3) is 0 Å². The zero-order chi connectivity index (χ0) is 14.1. The molecular formula is C12H21N3O3S. The van der Waals surface area contributed by atoms with Crippen molar-refractivity contribution in [3.05, 3.63) is 18.0 Å². The first-order valence-corrected chi connectivity index (χ1v) is 7.81. The number of aryl methyl sites for hydroxylation is 1. The standard InChI is InChI=1S/C12H21N3O3S/c1-15-8-11(6-10(15)7-13)19(16,17)14-9-12(18-2)4-3-5-12/h6,8,14H,3-5,7,9,13H2,1-2H3. The molecule has 1 saturated carbocycles. The maximum absolute atomic E-state index is 12.2. The van der Waals surface area contributed by atoms with Crippen molar-refractivity contribution in [1.82, 2.24) is 9.29 Å². The van der Waals surface area contributed by atoms with Gasteiger partial charge in [0.1, 0.15) is 0 Å². The van der Waals surface area contributed by atoms with Crippen LogP contribution in [0.5, 0.6) is 0 Å². The molecule has 2 rings (SSSR count). The van der Waals surface area contributed by atoms with Gasteiger partial charge in [0.05, 0.1) is 10.5 Å². The molecule has 1 aromatic rings. The van der Waals surface area contributed by atoms with E-state index in [1.165, 1.54) is 0 Å². The van der Waals surface area contributed by atoms with E-state index in [1.54, 1.807) is 31.0 Å². The lowest BCUT2D eigenvalue weighted by molar-refractivity contribution is -0.0659. The van der Waals surface area contributed by atoms with Crippen LogP contribution >= 0.6 is 0 Å². The monoisotopic (exact) mass is 287 g/mol. The SMILES string of the molecule is COC1(CNS(=O)(=O)c2cc(CN)n(C)c2)CCC1. The Kier molecular flexibility index (Phi) is 4.00. The molecule has 19 heavy (non-hydrogen) atoms. The van der Waals surface area contributed by atoms with E-state index in [1.807, 2.05) is 0 Å². The van der Waals surface area contributed by atoms with Crippen LogP contribution in [-0.2, 0) is 28.4 Å². The minimum atomic E-state index is -3.50. The Bertz CT molecular complexity index is 541. The van der Waals surface area contributed by atoms with Gasteiger partial charge in [0, 0.05) is 39.1 Å². The number of hydrogen-bond acceptors (Lipinski definition) is 4. The third-order valence-electron chi connectivity index (χ3n) is 3.88. The number of methoxy groups -OCH3 is 1. The zero-order valence-electron chi connectivity index (χ0n) is 11.3. The van der Waals surface area contributed by atoms with E-state index in [9.17, 15) is 8.42 Å². The Morgan fingerprint density at radius 1 is 1.53 bits per heavy atom. The molecule has 0 aromatic carbocycles. The van der Waals surface area contributed by atoms with Gasteiger partial charge in [-0.05, 0) is 25.3 Å². The Balaban J connectivity index is 2.09. The number of nitrogens with zero attached hydrogens (tertiary/aromatic N) is 1. The van der Waals surface area contributed by atoms with Gasteiger partial charge < -0.3 is 15.0 Å². The number of rotatable bonds is 6. The Hall–Kier alpha value is -0.890. The molecular weight excluding hydrogens is 266 g/mol. The van der Waals surface area contributed by atoms with Crippen LogP contribution in [0, 0.1) is 0 Å². The van der Waals surface area contributed by atoms with Crippen molar-refractivity contribution in [2.75, 3.05) is 13.7 Å². The van der Waals surface area contributed by atoms with Crippen molar-refractivity contribution in [3.63, 3.8) is 0 Å². The number of sulfonamides is 1. The number of nitrogens with one attached hydrogen (secondary N) is 1.